The monoisotopic (exact) mass is 124 g/mol. The van der Waals surface area contributed by atoms with Crippen LogP contribution in [0.1, 0.15) is 33.6 Å². The van der Waals surface area contributed by atoms with Gasteiger partial charge in [-0.3, -0.25) is 0 Å². The van der Waals surface area contributed by atoms with Crippen LogP contribution in [-0.2, 0) is 0 Å². The Bertz CT molecular complexity index is 107. The second-order valence-electron chi connectivity index (χ2n) is 2.24. The van der Waals surface area contributed by atoms with Crippen LogP contribution in [0.5, 0.6) is 0 Å². The van der Waals surface area contributed by atoms with Crippen molar-refractivity contribution in [2.75, 3.05) is 0 Å². The van der Waals surface area contributed by atoms with Gasteiger partial charge in [-0.1, -0.05) is 37.1 Å². The van der Waals surface area contributed by atoms with E-state index in [4.69, 9.17) is 0 Å². The Morgan fingerprint density at radius 1 is 1.44 bits per heavy atom. The molecule has 0 aliphatic carbocycles. The van der Waals surface area contributed by atoms with Gasteiger partial charge in [0.1, 0.15) is 0 Å². The Morgan fingerprint density at radius 3 is 2.56 bits per heavy atom. The smallest absolute Gasteiger partial charge is 0.0348 e. The fourth-order valence-electron chi connectivity index (χ4n) is 0.703. The van der Waals surface area contributed by atoms with E-state index in [2.05, 4.69) is 32.1 Å². The van der Waals surface area contributed by atoms with Crippen LogP contribution < -0.4 is 0 Å². The molecule has 0 aromatic heterocycles. The molecule has 0 aliphatic rings. The lowest BCUT2D eigenvalue weighted by Crippen LogP contribution is -1.67. The normalized spacial score (nSPS) is 13.0. The largest absolute Gasteiger partial charge is 0.0874 e. The van der Waals surface area contributed by atoms with E-state index in [0.29, 0.717) is 0 Å². The standard InChI is InChI=1S/C9H16/c1-4-6-8-9(3)7-5-2/h5,7-8H,4,6H2,1-3H3/b7-5-,9-8+. The molecule has 0 aromatic rings. The predicted molar refractivity (Wildman–Crippen MR) is 43.5 cm³/mol. The first-order valence-corrected chi connectivity index (χ1v) is 3.60. The van der Waals surface area contributed by atoms with Crippen LogP contribution in [0, 0.1) is 0 Å². The average Bonchev–Trinajstić information content (AvgIpc) is 1.85. The first kappa shape index (κ1) is 8.48. The van der Waals surface area contributed by atoms with Crippen LogP contribution in [-0.4, -0.2) is 0 Å². The van der Waals surface area contributed by atoms with Gasteiger partial charge in [0.25, 0.3) is 0 Å². The summed E-state index contributed by atoms with van der Waals surface area (Å²) >= 11 is 0. The number of allylic oxidation sites excluding steroid dienone is 4. The lowest BCUT2D eigenvalue weighted by molar-refractivity contribution is 0.952. The van der Waals surface area contributed by atoms with Crippen LogP contribution in [0.15, 0.2) is 23.8 Å². The number of rotatable bonds is 3. The van der Waals surface area contributed by atoms with Crippen molar-refractivity contribution in [3.8, 4) is 0 Å². The molecule has 9 heavy (non-hydrogen) atoms. The first-order chi connectivity index (χ1) is 4.31. The van der Waals surface area contributed by atoms with Crippen molar-refractivity contribution < 1.29 is 0 Å². The van der Waals surface area contributed by atoms with Gasteiger partial charge in [-0.25, -0.2) is 0 Å². The van der Waals surface area contributed by atoms with Gasteiger partial charge in [0.05, 0.1) is 0 Å². The molecule has 0 N–H and O–H groups in total. The summed E-state index contributed by atoms with van der Waals surface area (Å²) in [5.74, 6) is 0. The minimum absolute atomic E-state index is 1.20. The lowest BCUT2D eigenvalue weighted by atomic mass is 10.2. The summed E-state index contributed by atoms with van der Waals surface area (Å²) in [6.07, 6.45) is 8.92. The van der Waals surface area contributed by atoms with Crippen molar-refractivity contribution in [1.82, 2.24) is 0 Å². The lowest BCUT2D eigenvalue weighted by Gasteiger charge is -1.88. The molecule has 0 atom stereocenters. The van der Waals surface area contributed by atoms with E-state index in [0.717, 1.165) is 0 Å². The van der Waals surface area contributed by atoms with Gasteiger partial charge in [0.2, 0.25) is 0 Å². The molecular weight excluding hydrogens is 108 g/mol. The van der Waals surface area contributed by atoms with Crippen LogP contribution in [0.25, 0.3) is 0 Å². The van der Waals surface area contributed by atoms with E-state index in [-0.39, 0.29) is 0 Å². The molecule has 0 saturated carbocycles. The zero-order valence-corrected chi connectivity index (χ0v) is 6.65. The van der Waals surface area contributed by atoms with Crippen LogP contribution >= 0.6 is 0 Å². The Hall–Kier alpha value is -0.520. The molecule has 0 amide bonds. The summed E-state index contributed by atoms with van der Waals surface area (Å²) in [5, 5.41) is 0. The minimum atomic E-state index is 1.20. The Balaban J connectivity index is 3.55. The highest BCUT2D eigenvalue weighted by Gasteiger charge is 1.77. The van der Waals surface area contributed by atoms with Gasteiger partial charge in [-0.15, -0.1) is 0 Å². The average molecular weight is 124 g/mol. The molecule has 52 valence electrons. The van der Waals surface area contributed by atoms with Crippen LogP contribution in [0.4, 0.5) is 0 Å². The van der Waals surface area contributed by atoms with Crippen molar-refractivity contribution in [3.05, 3.63) is 23.8 Å². The molecule has 0 aliphatic heterocycles. The molecule has 0 bridgehead atoms. The fourth-order valence-corrected chi connectivity index (χ4v) is 0.703. The van der Waals surface area contributed by atoms with Crippen molar-refractivity contribution >= 4 is 0 Å². The first-order valence-electron chi connectivity index (χ1n) is 3.60. The molecule has 0 heteroatoms. The maximum Gasteiger partial charge on any atom is -0.0348 e. The van der Waals surface area contributed by atoms with Crippen molar-refractivity contribution in [2.45, 2.75) is 33.6 Å². The molecule has 0 aromatic carbocycles. The van der Waals surface area contributed by atoms with E-state index in [1.165, 1.54) is 18.4 Å². The highest BCUT2D eigenvalue weighted by molar-refractivity contribution is 5.14. The zero-order chi connectivity index (χ0) is 7.11. The quantitative estimate of drug-likeness (QED) is 0.506. The van der Waals surface area contributed by atoms with Crippen LogP contribution in [0.2, 0.25) is 0 Å². The highest BCUT2D eigenvalue weighted by atomic mass is 13.8. The maximum atomic E-state index is 2.26. The zero-order valence-electron chi connectivity index (χ0n) is 6.65. The summed E-state index contributed by atoms with van der Waals surface area (Å²) in [6.45, 7) is 6.37. The molecule has 0 nitrogen and oxygen atoms in total. The van der Waals surface area contributed by atoms with E-state index in [1.807, 2.05) is 6.92 Å². The second kappa shape index (κ2) is 5.61. The van der Waals surface area contributed by atoms with Crippen molar-refractivity contribution in [2.24, 2.45) is 0 Å². The molecule has 0 unspecified atom stereocenters. The van der Waals surface area contributed by atoms with Gasteiger partial charge in [-0.2, -0.15) is 0 Å². The molecule has 0 rings (SSSR count). The van der Waals surface area contributed by atoms with E-state index >= 15 is 0 Å². The summed E-state index contributed by atoms with van der Waals surface area (Å²) < 4.78 is 0. The number of unbranched alkanes of at least 4 members (excludes halogenated alkanes) is 1. The third-order valence-electron chi connectivity index (χ3n) is 1.18. The summed E-state index contributed by atoms with van der Waals surface area (Å²) in [5.41, 5.74) is 1.37. The molecule has 0 saturated heterocycles. The fraction of sp³-hybridized carbons (Fsp3) is 0.556. The second-order valence-corrected chi connectivity index (χ2v) is 2.24. The Kier molecular flexibility index (Phi) is 5.29. The van der Waals surface area contributed by atoms with Gasteiger partial charge >= 0.3 is 0 Å². The van der Waals surface area contributed by atoms with Crippen molar-refractivity contribution in [1.29, 1.82) is 0 Å². The molecule has 0 radical (unpaired) electrons. The maximum absolute atomic E-state index is 2.26. The van der Waals surface area contributed by atoms with Crippen LogP contribution in [0.3, 0.4) is 0 Å². The predicted octanol–water partition coefficient (Wildman–Crippen LogP) is 3.31. The molecular formula is C9H16. The number of hydrogen-bond donors (Lipinski definition) is 0. The highest BCUT2D eigenvalue weighted by Crippen LogP contribution is 1.98. The summed E-state index contributed by atoms with van der Waals surface area (Å²) in [7, 11) is 0. The Morgan fingerprint density at radius 2 is 2.11 bits per heavy atom. The van der Waals surface area contributed by atoms with E-state index in [9.17, 15) is 0 Å². The SMILES string of the molecule is C/C=C\C(C)=C\CCC. The van der Waals surface area contributed by atoms with Gasteiger partial charge in [0, 0.05) is 0 Å². The summed E-state index contributed by atoms with van der Waals surface area (Å²) in [4.78, 5) is 0. The molecule has 0 heterocycles. The van der Waals surface area contributed by atoms with E-state index in [1.54, 1.807) is 0 Å². The molecule has 0 fully saturated rings. The minimum Gasteiger partial charge on any atom is -0.0874 e. The Labute approximate surface area is 58.3 Å². The van der Waals surface area contributed by atoms with Gasteiger partial charge in [-0.05, 0) is 20.3 Å². The third kappa shape index (κ3) is 5.35. The van der Waals surface area contributed by atoms with E-state index < -0.39 is 0 Å². The van der Waals surface area contributed by atoms with Gasteiger partial charge < -0.3 is 0 Å². The third-order valence-corrected chi connectivity index (χ3v) is 1.18. The number of hydrogen-bond acceptors (Lipinski definition) is 0. The van der Waals surface area contributed by atoms with Gasteiger partial charge in [0.15, 0.2) is 0 Å². The molecule has 0 spiro atoms. The van der Waals surface area contributed by atoms with Crippen molar-refractivity contribution in [3.63, 3.8) is 0 Å². The summed E-state index contributed by atoms with van der Waals surface area (Å²) in [6, 6.07) is 0. The topological polar surface area (TPSA) is 0 Å².